The number of anilines is 1. The van der Waals surface area contributed by atoms with Gasteiger partial charge < -0.3 is 4.74 Å². The number of ether oxygens (including phenoxy) is 1. The van der Waals surface area contributed by atoms with E-state index in [-0.39, 0.29) is 5.91 Å². The van der Waals surface area contributed by atoms with Gasteiger partial charge in [0.05, 0.1) is 6.42 Å². The molecular weight excluding hydrogens is 416 g/mol. The fourth-order valence-electron chi connectivity index (χ4n) is 3.61. The Morgan fingerprint density at radius 3 is 2.29 bits per heavy atom. The fourth-order valence-corrected chi connectivity index (χ4v) is 3.99. The molecule has 0 bridgehead atoms. The van der Waals surface area contributed by atoms with Gasteiger partial charge in [0.2, 0.25) is 5.91 Å². The Morgan fingerprint density at radius 2 is 1.64 bits per heavy atom. The average molecular weight is 453 g/mol. The molecule has 1 aliphatic heterocycles. The Balaban J connectivity index is 1.43. The standard InChI is InChI=1S/C23H37BrN2O2/c1-23(2,3)13-11-9-7-5-4-6-8-10-12-14-28-18-26-21(27)16-19-15-20(24)17-25-22(19)26/h15,17H,4-14,16,18H2,1-3H3. The van der Waals surface area contributed by atoms with Crippen LogP contribution < -0.4 is 4.90 Å². The van der Waals surface area contributed by atoms with E-state index in [0.717, 1.165) is 22.3 Å². The molecular formula is C23H37BrN2O2. The van der Waals surface area contributed by atoms with Crippen molar-refractivity contribution in [3.05, 3.63) is 22.3 Å². The molecule has 0 saturated carbocycles. The van der Waals surface area contributed by atoms with Gasteiger partial charge in [0.1, 0.15) is 12.5 Å². The van der Waals surface area contributed by atoms with E-state index in [1.165, 1.54) is 57.8 Å². The van der Waals surface area contributed by atoms with Crippen molar-refractivity contribution in [1.82, 2.24) is 4.98 Å². The maximum atomic E-state index is 12.1. The molecule has 1 aromatic heterocycles. The SMILES string of the molecule is CC(C)(C)CCCCCCCCCCCOCN1C(=O)Cc2cc(Br)cnc21. The molecule has 0 aliphatic carbocycles. The summed E-state index contributed by atoms with van der Waals surface area (Å²) in [7, 11) is 0. The van der Waals surface area contributed by atoms with Crippen LogP contribution in [0.2, 0.25) is 0 Å². The van der Waals surface area contributed by atoms with Gasteiger partial charge in [-0.15, -0.1) is 0 Å². The first-order chi connectivity index (χ1) is 13.4. The van der Waals surface area contributed by atoms with Crippen LogP contribution in [0.15, 0.2) is 16.7 Å². The summed E-state index contributed by atoms with van der Waals surface area (Å²) in [6.07, 6.45) is 15.3. The van der Waals surface area contributed by atoms with Crippen LogP contribution in [0.5, 0.6) is 0 Å². The van der Waals surface area contributed by atoms with E-state index >= 15 is 0 Å². The van der Waals surface area contributed by atoms with Gasteiger partial charge in [-0.2, -0.15) is 0 Å². The zero-order valence-electron chi connectivity index (χ0n) is 17.9. The van der Waals surface area contributed by atoms with Gasteiger partial charge in [-0.3, -0.25) is 9.69 Å². The summed E-state index contributed by atoms with van der Waals surface area (Å²) in [5.74, 6) is 0.818. The van der Waals surface area contributed by atoms with Crippen molar-refractivity contribution < 1.29 is 9.53 Å². The van der Waals surface area contributed by atoms with Crippen LogP contribution in [0.1, 0.15) is 90.5 Å². The number of pyridine rings is 1. The second-order valence-electron chi connectivity index (χ2n) is 9.16. The topological polar surface area (TPSA) is 42.4 Å². The van der Waals surface area contributed by atoms with Gasteiger partial charge in [-0.25, -0.2) is 4.98 Å². The smallest absolute Gasteiger partial charge is 0.234 e. The molecule has 1 amide bonds. The number of hydrogen-bond donors (Lipinski definition) is 0. The largest absolute Gasteiger partial charge is 0.361 e. The molecule has 4 nitrogen and oxygen atoms in total. The predicted molar refractivity (Wildman–Crippen MR) is 120 cm³/mol. The van der Waals surface area contributed by atoms with Crippen molar-refractivity contribution in [3.8, 4) is 0 Å². The van der Waals surface area contributed by atoms with Crippen LogP contribution in [0.4, 0.5) is 5.82 Å². The Kier molecular flexibility index (Phi) is 9.93. The van der Waals surface area contributed by atoms with Crippen molar-refractivity contribution in [3.63, 3.8) is 0 Å². The van der Waals surface area contributed by atoms with E-state index in [1.54, 1.807) is 11.1 Å². The first-order valence-corrected chi connectivity index (χ1v) is 11.7. The quantitative estimate of drug-likeness (QED) is 0.314. The van der Waals surface area contributed by atoms with E-state index in [1.807, 2.05) is 6.07 Å². The summed E-state index contributed by atoms with van der Waals surface area (Å²) in [5, 5.41) is 0. The number of amides is 1. The second-order valence-corrected chi connectivity index (χ2v) is 10.1. The normalized spacial score (nSPS) is 14.0. The van der Waals surface area contributed by atoms with Crippen LogP contribution in [-0.2, 0) is 16.0 Å². The Hall–Kier alpha value is -0.940. The third-order valence-corrected chi connectivity index (χ3v) is 5.68. The van der Waals surface area contributed by atoms with Crippen molar-refractivity contribution >= 4 is 27.7 Å². The molecule has 0 saturated heterocycles. The number of hydrogen-bond acceptors (Lipinski definition) is 3. The lowest BCUT2D eigenvalue weighted by molar-refractivity contribution is -0.118. The average Bonchev–Trinajstić information content (AvgIpc) is 2.92. The summed E-state index contributed by atoms with van der Waals surface area (Å²) >= 11 is 3.40. The molecule has 158 valence electrons. The molecule has 2 rings (SSSR count). The Labute approximate surface area is 179 Å². The number of aromatic nitrogens is 1. The minimum Gasteiger partial charge on any atom is -0.361 e. The van der Waals surface area contributed by atoms with Gasteiger partial charge >= 0.3 is 0 Å². The molecule has 2 heterocycles. The maximum absolute atomic E-state index is 12.1. The summed E-state index contributed by atoms with van der Waals surface area (Å²) in [6.45, 7) is 8.01. The van der Waals surface area contributed by atoms with E-state index in [0.29, 0.717) is 25.2 Å². The van der Waals surface area contributed by atoms with Gasteiger partial charge in [0.25, 0.3) is 0 Å². The fraction of sp³-hybridized carbons (Fsp3) is 0.739. The molecule has 1 aromatic rings. The van der Waals surface area contributed by atoms with Crippen molar-refractivity contribution in [1.29, 1.82) is 0 Å². The second kappa shape index (κ2) is 11.9. The van der Waals surface area contributed by atoms with Gasteiger partial charge in [0, 0.05) is 22.8 Å². The number of unbranched alkanes of at least 4 members (excludes halogenated alkanes) is 8. The number of carbonyl (C=O) groups is 1. The Morgan fingerprint density at radius 1 is 1.04 bits per heavy atom. The van der Waals surface area contributed by atoms with Crippen LogP contribution in [0.25, 0.3) is 0 Å². The molecule has 0 aromatic carbocycles. The number of nitrogens with zero attached hydrogens (tertiary/aromatic N) is 2. The van der Waals surface area contributed by atoms with E-state index in [4.69, 9.17) is 4.74 Å². The van der Waals surface area contributed by atoms with Crippen LogP contribution >= 0.6 is 15.9 Å². The highest BCUT2D eigenvalue weighted by Crippen LogP contribution is 2.28. The first kappa shape index (κ1) is 23.3. The maximum Gasteiger partial charge on any atom is 0.234 e. The van der Waals surface area contributed by atoms with Gasteiger partial charge in [-0.1, -0.05) is 72.1 Å². The summed E-state index contributed by atoms with van der Waals surface area (Å²) in [4.78, 5) is 18.1. The van der Waals surface area contributed by atoms with Crippen LogP contribution in [-0.4, -0.2) is 24.2 Å². The van der Waals surface area contributed by atoms with Gasteiger partial charge in [0.15, 0.2) is 0 Å². The number of carbonyl (C=O) groups excluding carboxylic acids is 1. The molecule has 0 atom stereocenters. The van der Waals surface area contributed by atoms with Gasteiger partial charge in [-0.05, 0) is 40.3 Å². The van der Waals surface area contributed by atoms with Crippen LogP contribution in [0, 0.1) is 5.41 Å². The zero-order chi connectivity index (χ0) is 20.4. The molecule has 1 aliphatic rings. The molecule has 0 N–H and O–H groups in total. The summed E-state index contributed by atoms with van der Waals surface area (Å²) in [6, 6.07) is 1.96. The molecule has 28 heavy (non-hydrogen) atoms. The number of fused-ring (bicyclic) bond motifs is 1. The Bertz CT molecular complexity index is 613. The molecule has 0 spiro atoms. The third kappa shape index (κ3) is 8.60. The van der Waals surface area contributed by atoms with Crippen molar-refractivity contribution in [2.24, 2.45) is 5.41 Å². The van der Waals surface area contributed by atoms with Crippen LogP contribution in [0.3, 0.4) is 0 Å². The number of halogens is 1. The highest BCUT2D eigenvalue weighted by Gasteiger charge is 2.28. The van der Waals surface area contributed by atoms with E-state index < -0.39 is 0 Å². The molecule has 0 fully saturated rings. The minimum absolute atomic E-state index is 0.0723. The lowest BCUT2D eigenvalue weighted by Crippen LogP contribution is -2.30. The highest BCUT2D eigenvalue weighted by atomic mass is 79.9. The zero-order valence-corrected chi connectivity index (χ0v) is 19.5. The third-order valence-electron chi connectivity index (χ3n) is 5.24. The summed E-state index contributed by atoms with van der Waals surface area (Å²) < 4.78 is 6.64. The van der Waals surface area contributed by atoms with E-state index in [9.17, 15) is 4.79 Å². The predicted octanol–water partition coefficient (Wildman–Crippen LogP) is 6.65. The van der Waals surface area contributed by atoms with Crippen molar-refractivity contribution in [2.45, 2.75) is 91.4 Å². The molecule has 0 unspecified atom stereocenters. The highest BCUT2D eigenvalue weighted by molar-refractivity contribution is 9.10. The first-order valence-electron chi connectivity index (χ1n) is 10.9. The lowest BCUT2D eigenvalue weighted by atomic mass is 9.89. The van der Waals surface area contributed by atoms with E-state index in [2.05, 4.69) is 41.7 Å². The number of rotatable bonds is 13. The summed E-state index contributed by atoms with van der Waals surface area (Å²) in [5.41, 5.74) is 1.46. The van der Waals surface area contributed by atoms with Crippen molar-refractivity contribution in [2.75, 3.05) is 18.2 Å². The monoisotopic (exact) mass is 452 g/mol. The lowest BCUT2D eigenvalue weighted by Gasteiger charge is -2.17. The molecule has 5 heteroatoms. The minimum atomic E-state index is 0.0723. The molecule has 0 radical (unpaired) electrons.